The van der Waals surface area contributed by atoms with Gasteiger partial charge in [-0.3, -0.25) is 0 Å². The minimum Gasteiger partial charge on any atom is -0.311 e. The van der Waals surface area contributed by atoms with Crippen LogP contribution in [0.2, 0.25) is 0 Å². The maximum absolute atomic E-state index is 2.45. The molecule has 40 heavy (non-hydrogen) atoms. The molecule has 0 N–H and O–H groups in total. The Morgan fingerprint density at radius 1 is 0.425 bits per heavy atom. The first-order valence-corrected chi connectivity index (χ1v) is 13.9. The van der Waals surface area contributed by atoms with E-state index in [1.54, 1.807) is 0 Å². The Morgan fingerprint density at radius 3 is 1.18 bits per heavy atom. The van der Waals surface area contributed by atoms with Gasteiger partial charge in [-0.25, -0.2) is 0 Å². The van der Waals surface area contributed by atoms with E-state index in [0.717, 1.165) is 22.7 Å². The van der Waals surface area contributed by atoms with Crippen molar-refractivity contribution in [3.05, 3.63) is 181 Å². The van der Waals surface area contributed by atoms with Crippen molar-refractivity contribution in [2.75, 3.05) is 9.80 Å². The second kappa shape index (κ2) is 11.1. The van der Waals surface area contributed by atoms with Crippen molar-refractivity contribution in [3.8, 4) is 0 Å². The Kier molecular flexibility index (Phi) is 7.08. The van der Waals surface area contributed by atoms with Gasteiger partial charge in [-0.05, 0) is 80.1 Å². The molecule has 0 aromatic heterocycles. The van der Waals surface area contributed by atoms with Gasteiger partial charge in [-0.15, -0.1) is 0 Å². The van der Waals surface area contributed by atoms with Gasteiger partial charge < -0.3 is 9.80 Å². The molecule has 1 aliphatic carbocycles. The predicted molar refractivity (Wildman–Crippen MR) is 170 cm³/mol. The van der Waals surface area contributed by atoms with Crippen LogP contribution in [0.5, 0.6) is 0 Å². The lowest BCUT2D eigenvalue weighted by atomic mass is 9.87. The Balaban J connectivity index is 1.62. The molecule has 0 amide bonds. The van der Waals surface area contributed by atoms with E-state index < -0.39 is 5.66 Å². The maximum atomic E-state index is 2.45. The second-order valence-electron chi connectivity index (χ2n) is 10.5. The lowest BCUT2D eigenvalue weighted by molar-refractivity contribution is 0.625. The normalized spacial score (nSPS) is 14.2. The lowest BCUT2D eigenvalue weighted by Gasteiger charge is -2.51. The smallest absolute Gasteiger partial charge is 0.160 e. The van der Waals surface area contributed by atoms with E-state index in [0.29, 0.717) is 0 Å². The fourth-order valence-electron chi connectivity index (χ4n) is 5.57. The predicted octanol–water partition coefficient (Wildman–Crippen LogP) is 9.89. The number of benzene rings is 5. The first-order valence-electron chi connectivity index (χ1n) is 13.9. The van der Waals surface area contributed by atoms with Gasteiger partial charge in [0.2, 0.25) is 0 Å². The number of nitrogens with zero attached hydrogens (tertiary/aromatic N) is 2. The molecule has 0 spiro atoms. The fourth-order valence-corrected chi connectivity index (χ4v) is 5.57. The molecule has 0 unspecified atom stereocenters. The third-order valence-electron chi connectivity index (χ3n) is 7.61. The zero-order valence-electron chi connectivity index (χ0n) is 23.1. The topological polar surface area (TPSA) is 6.48 Å². The molecule has 0 heterocycles. The van der Waals surface area contributed by atoms with Crippen LogP contribution in [0.1, 0.15) is 22.6 Å². The molecule has 5 aromatic rings. The molecule has 0 atom stereocenters. The highest BCUT2D eigenvalue weighted by atomic mass is 15.4. The highest BCUT2D eigenvalue weighted by molar-refractivity contribution is 5.78. The van der Waals surface area contributed by atoms with Crippen LogP contribution in [0.3, 0.4) is 0 Å². The molecule has 2 nitrogen and oxygen atoms in total. The summed E-state index contributed by atoms with van der Waals surface area (Å²) in [6.45, 7) is 4.28. The first-order chi connectivity index (χ1) is 19.6. The summed E-state index contributed by atoms with van der Waals surface area (Å²) in [5.41, 5.74) is 7.57. The standard InChI is InChI=1S/C38H34N2/c1-30-18-22-36(23-19-30)39(34-14-8-4-9-15-34)38(28-26-33(27-29-38)32-12-6-3-7-13-32)40(35-16-10-5-11-17-35)37-24-20-31(2)21-25-37/h3-29,33H,1-2H3. The van der Waals surface area contributed by atoms with Crippen LogP contribution in [0, 0.1) is 13.8 Å². The summed E-state index contributed by atoms with van der Waals surface area (Å²) in [7, 11) is 0. The summed E-state index contributed by atoms with van der Waals surface area (Å²) in [4.78, 5) is 4.90. The summed E-state index contributed by atoms with van der Waals surface area (Å²) in [6.07, 6.45) is 9.46. The SMILES string of the molecule is Cc1ccc(N(c2ccccc2)C2(N(c3ccccc3)c3ccc(C)cc3)C=CC(c3ccccc3)C=C2)cc1. The number of aryl methyl sites for hydroxylation is 2. The summed E-state index contributed by atoms with van der Waals surface area (Å²) >= 11 is 0. The van der Waals surface area contributed by atoms with E-state index in [2.05, 4.69) is 187 Å². The maximum Gasteiger partial charge on any atom is 0.160 e. The highest BCUT2D eigenvalue weighted by Crippen LogP contribution is 2.46. The number of para-hydroxylation sites is 2. The minimum atomic E-state index is -0.668. The average molecular weight is 519 g/mol. The molecule has 0 saturated heterocycles. The molecule has 0 saturated carbocycles. The van der Waals surface area contributed by atoms with E-state index >= 15 is 0 Å². The van der Waals surface area contributed by atoms with E-state index in [9.17, 15) is 0 Å². The van der Waals surface area contributed by atoms with E-state index in [1.807, 2.05) is 0 Å². The molecule has 196 valence electrons. The molecular formula is C38H34N2. The Hall–Kier alpha value is -4.82. The van der Waals surface area contributed by atoms with E-state index in [-0.39, 0.29) is 5.92 Å². The quantitative estimate of drug-likeness (QED) is 0.156. The molecular weight excluding hydrogens is 484 g/mol. The van der Waals surface area contributed by atoms with Gasteiger partial charge in [-0.1, -0.05) is 114 Å². The van der Waals surface area contributed by atoms with Crippen LogP contribution >= 0.6 is 0 Å². The number of hydrogen-bond donors (Lipinski definition) is 0. The molecule has 5 aromatic carbocycles. The van der Waals surface area contributed by atoms with Crippen molar-refractivity contribution < 1.29 is 0 Å². The van der Waals surface area contributed by atoms with Crippen molar-refractivity contribution in [2.24, 2.45) is 0 Å². The largest absolute Gasteiger partial charge is 0.311 e. The minimum absolute atomic E-state index is 0.195. The Labute approximate surface area is 238 Å². The fraction of sp³-hybridized carbons (Fsp3) is 0.105. The Bertz CT molecular complexity index is 1480. The molecule has 1 aliphatic rings. The molecule has 0 aliphatic heterocycles. The van der Waals surface area contributed by atoms with Crippen molar-refractivity contribution in [2.45, 2.75) is 25.4 Å². The van der Waals surface area contributed by atoms with Gasteiger partial charge in [0.25, 0.3) is 0 Å². The first kappa shape index (κ1) is 25.5. The summed E-state index contributed by atoms with van der Waals surface area (Å²) < 4.78 is 0. The molecule has 0 fully saturated rings. The van der Waals surface area contributed by atoms with Gasteiger partial charge in [0.05, 0.1) is 0 Å². The molecule has 0 radical (unpaired) electrons. The number of anilines is 4. The van der Waals surface area contributed by atoms with E-state index in [4.69, 9.17) is 0 Å². The van der Waals surface area contributed by atoms with Crippen molar-refractivity contribution in [3.63, 3.8) is 0 Å². The molecule has 0 bridgehead atoms. The van der Waals surface area contributed by atoms with Gasteiger partial charge in [0.1, 0.15) is 0 Å². The Morgan fingerprint density at radius 2 is 0.775 bits per heavy atom. The number of allylic oxidation sites excluding steroid dienone is 2. The van der Waals surface area contributed by atoms with Gasteiger partial charge in [0.15, 0.2) is 5.66 Å². The lowest BCUT2D eigenvalue weighted by Crippen LogP contribution is -2.56. The van der Waals surface area contributed by atoms with Gasteiger partial charge >= 0.3 is 0 Å². The van der Waals surface area contributed by atoms with Crippen molar-refractivity contribution >= 4 is 22.7 Å². The second-order valence-corrected chi connectivity index (χ2v) is 10.5. The van der Waals surface area contributed by atoms with Crippen LogP contribution in [0.25, 0.3) is 0 Å². The van der Waals surface area contributed by atoms with Gasteiger partial charge in [-0.2, -0.15) is 0 Å². The van der Waals surface area contributed by atoms with Crippen molar-refractivity contribution in [1.82, 2.24) is 0 Å². The van der Waals surface area contributed by atoms with Crippen LogP contribution in [0.4, 0.5) is 22.7 Å². The van der Waals surface area contributed by atoms with Crippen LogP contribution in [-0.2, 0) is 0 Å². The van der Waals surface area contributed by atoms with Gasteiger partial charge in [0, 0.05) is 28.7 Å². The summed E-state index contributed by atoms with van der Waals surface area (Å²) in [6, 6.07) is 49.8. The summed E-state index contributed by atoms with van der Waals surface area (Å²) in [5.74, 6) is 0.195. The average Bonchev–Trinajstić information content (AvgIpc) is 3.01. The number of hydrogen-bond acceptors (Lipinski definition) is 2. The summed E-state index contributed by atoms with van der Waals surface area (Å²) in [5, 5.41) is 0. The highest BCUT2D eigenvalue weighted by Gasteiger charge is 2.42. The van der Waals surface area contributed by atoms with Crippen LogP contribution < -0.4 is 9.80 Å². The van der Waals surface area contributed by atoms with Crippen molar-refractivity contribution in [1.29, 1.82) is 0 Å². The van der Waals surface area contributed by atoms with E-state index in [1.165, 1.54) is 16.7 Å². The third kappa shape index (κ3) is 4.97. The zero-order chi connectivity index (χ0) is 27.4. The molecule has 2 heteroatoms. The third-order valence-corrected chi connectivity index (χ3v) is 7.61. The zero-order valence-corrected chi connectivity index (χ0v) is 23.1. The van der Waals surface area contributed by atoms with Crippen LogP contribution in [-0.4, -0.2) is 5.66 Å². The van der Waals surface area contributed by atoms with Crippen LogP contribution in [0.15, 0.2) is 164 Å². The monoisotopic (exact) mass is 518 g/mol. The number of rotatable bonds is 7. The molecule has 6 rings (SSSR count).